The molecule has 1 spiro atoms. The largest absolute Gasteiger partial charge is 0.497 e. The number of Topliss-reactive ketones (excluding diaryl/α,β-unsaturated/α-hetero) is 1. The van der Waals surface area contributed by atoms with Gasteiger partial charge in [-0.2, -0.15) is 0 Å². The van der Waals surface area contributed by atoms with Crippen LogP contribution in [0.5, 0.6) is 5.75 Å². The molecule has 0 amide bonds. The average molecular weight is 395 g/mol. The molecule has 0 radical (unpaired) electrons. The van der Waals surface area contributed by atoms with Crippen molar-refractivity contribution in [1.82, 2.24) is 0 Å². The molecule has 5 aliphatic rings. The summed E-state index contributed by atoms with van der Waals surface area (Å²) < 4.78 is 18.2. The lowest BCUT2D eigenvalue weighted by Gasteiger charge is -2.53. The second-order valence-electron chi connectivity index (χ2n) is 9.94. The van der Waals surface area contributed by atoms with E-state index in [-0.39, 0.29) is 28.1 Å². The van der Waals surface area contributed by atoms with E-state index in [9.17, 15) is 4.79 Å². The smallest absolute Gasteiger partial charge is 0.173 e. The highest BCUT2D eigenvalue weighted by molar-refractivity contribution is 5.87. The molecule has 5 atom stereocenters. The molecule has 4 heteroatoms. The third kappa shape index (κ3) is 1.87. The highest BCUT2D eigenvalue weighted by Gasteiger charge is 2.81. The van der Waals surface area contributed by atoms with Crippen LogP contribution in [-0.4, -0.2) is 31.9 Å². The molecule has 1 aromatic rings. The molecule has 2 bridgehead atoms. The van der Waals surface area contributed by atoms with E-state index in [0.717, 1.165) is 18.6 Å². The summed E-state index contributed by atoms with van der Waals surface area (Å²) in [6.45, 7) is 3.73. The standard InChI is InChI=1S/C25H30O4/c1-22-10-3-4-11-23(22)13-14-24(22,17-5-7-18(27-2)8-6-17)20-19(26)9-12-25(21(20)23)28-15-16-29-25/h5-8,13-14,20-21H,3-4,9-12,15-16H2,1-2H3/t20-,21+,22+,23+,24+/m1/s1. The minimum Gasteiger partial charge on any atom is -0.497 e. The van der Waals surface area contributed by atoms with Gasteiger partial charge in [-0.1, -0.05) is 44.1 Å². The Morgan fingerprint density at radius 3 is 2.45 bits per heavy atom. The topological polar surface area (TPSA) is 44.8 Å². The van der Waals surface area contributed by atoms with Gasteiger partial charge in [-0.15, -0.1) is 0 Å². The lowest BCUT2D eigenvalue weighted by Crippen LogP contribution is -2.56. The van der Waals surface area contributed by atoms with Crippen molar-refractivity contribution in [3.05, 3.63) is 42.0 Å². The Bertz CT molecular complexity index is 883. The van der Waals surface area contributed by atoms with Crippen molar-refractivity contribution in [2.24, 2.45) is 22.7 Å². The average Bonchev–Trinajstić information content (AvgIpc) is 3.38. The summed E-state index contributed by atoms with van der Waals surface area (Å²) in [7, 11) is 1.70. The minimum atomic E-state index is -0.587. The number of ketones is 1. The van der Waals surface area contributed by atoms with Crippen molar-refractivity contribution in [3.63, 3.8) is 0 Å². The first-order valence-corrected chi connectivity index (χ1v) is 11.2. The van der Waals surface area contributed by atoms with Crippen LogP contribution in [-0.2, 0) is 19.7 Å². The predicted octanol–water partition coefficient (Wildman–Crippen LogP) is 4.42. The molecule has 1 aromatic carbocycles. The van der Waals surface area contributed by atoms with Crippen LogP contribution in [0, 0.1) is 22.7 Å². The summed E-state index contributed by atoms with van der Waals surface area (Å²) in [5, 5.41) is 0. The molecule has 4 aliphatic carbocycles. The first-order valence-electron chi connectivity index (χ1n) is 11.2. The van der Waals surface area contributed by atoms with Crippen molar-refractivity contribution >= 4 is 5.78 Å². The first kappa shape index (κ1) is 18.1. The molecular formula is C25H30O4. The molecule has 1 saturated heterocycles. The Hall–Kier alpha value is -1.65. The summed E-state index contributed by atoms with van der Waals surface area (Å²) >= 11 is 0. The molecule has 0 unspecified atom stereocenters. The van der Waals surface area contributed by atoms with Gasteiger partial charge in [0.05, 0.1) is 20.3 Å². The van der Waals surface area contributed by atoms with Crippen LogP contribution in [0.3, 0.4) is 0 Å². The molecule has 4 fully saturated rings. The number of benzene rings is 1. The molecule has 6 rings (SSSR count). The monoisotopic (exact) mass is 394 g/mol. The van der Waals surface area contributed by atoms with Gasteiger partial charge >= 0.3 is 0 Å². The summed E-state index contributed by atoms with van der Waals surface area (Å²) in [5.74, 6) is 0.702. The number of carbonyl (C=O) groups is 1. The van der Waals surface area contributed by atoms with Crippen molar-refractivity contribution < 1.29 is 19.0 Å². The maximum atomic E-state index is 13.6. The second-order valence-corrected chi connectivity index (χ2v) is 9.94. The molecule has 1 aliphatic heterocycles. The molecule has 4 nitrogen and oxygen atoms in total. The van der Waals surface area contributed by atoms with Crippen LogP contribution in [0.4, 0.5) is 0 Å². The molecule has 154 valence electrons. The number of methoxy groups -OCH3 is 1. The Kier molecular flexibility index (Phi) is 3.59. The highest BCUT2D eigenvalue weighted by atomic mass is 16.7. The van der Waals surface area contributed by atoms with E-state index in [4.69, 9.17) is 14.2 Å². The normalized spacial score (nSPS) is 44.1. The van der Waals surface area contributed by atoms with Crippen LogP contribution < -0.4 is 4.74 Å². The van der Waals surface area contributed by atoms with Gasteiger partial charge in [-0.05, 0) is 36.0 Å². The van der Waals surface area contributed by atoms with Crippen molar-refractivity contribution in [3.8, 4) is 5.75 Å². The number of fused-ring (bicyclic) bond motifs is 3. The third-order valence-corrected chi connectivity index (χ3v) is 9.36. The van der Waals surface area contributed by atoms with E-state index < -0.39 is 5.79 Å². The maximum absolute atomic E-state index is 13.6. The zero-order valence-electron chi connectivity index (χ0n) is 17.4. The molecule has 3 saturated carbocycles. The van der Waals surface area contributed by atoms with Gasteiger partial charge in [0, 0.05) is 35.5 Å². The lowest BCUT2D eigenvalue weighted by atomic mass is 9.52. The van der Waals surface area contributed by atoms with E-state index in [1.807, 2.05) is 12.1 Å². The number of allylic oxidation sites excluding steroid dienone is 2. The quantitative estimate of drug-likeness (QED) is 0.697. The third-order valence-electron chi connectivity index (χ3n) is 9.36. The highest BCUT2D eigenvalue weighted by Crippen LogP contribution is 2.81. The van der Waals surface area contributed by atoms with Crippen molar-refractivity contribution in [1.29, 1.82) is 0 Å². The van der Waals surface area contributed by atoms with Crippen LogP contribution in [0.2, 0.25) is 0 Å². The van der Waals surface area contributed by atoms with Crippen LogP contribution >= 0.6 is 0 Å². The Balaban J connectivity index is 1.61. The zero-order valence-corrected chi connectivity index (χ0v) is 17.4. The molecule has 0 aromatic heterocycles. The number of hydrogen-bond acceptors (Lipinski definition) is 4. The Labute approximate surface area is 172 Å². The fourth-order valence-electron chi connectivity index (χ4n) is 8.29. The van der Waals surface area contributed by atoms with E-state index in [0.29, 0.717) is 31.8 Å². The minimum absolute atomic E-state index is 0.00445. The fraction of sp³-hybridized carbons (Fsp3) is 0.640. The molecular weight excluding hydrogens is 364 g/mol. The summed E-state index contributed by atoms with van der Waals surface area (Å²) in [6, 6.07) is 8.46. The van der Waals surface area contributed by atoms with Gasteiger partial charge in [0.1, 0.15) is 11.5 Å². The van der Waals surface area contributed by atoms with Gasteiger partial charge in [0.15, 0.2) is 5.79 Å². The van der Waals surface area contributed by atoms with E-state index in [1.54, 1.807) is 7.11 Å². The van der Waals surface area contributed by atoms with Crippen LogP contribution in [0.1, 0.15) is 51.0 Å². The van der Waals surface area contributed by atoms with Gasteiger partial charge in [0.25, 0.3) is 0 Å². The summed E-state index contributed by atoms with van der Waals surface area (Å²) in [6.07, 6.45) is 10.8. The van der Waals surface area contributed by atoms with E-state index in [1.165, 1.54) is 18.4 Å². The van der Waals surface area contributed by atoms with E-state index in [2.05, 4.69) is 31.2 Å². The summed E-state index contributed by atoms with van der Waals surface area (Å²) in [4.78, 5) is 13.6. The Morgan fingerprint density at radius 2 is 1.72 bits per heavy atom. The number of rotatable bonds is 2. The molecule has 1 heterocycles. The Morgan fingerprint density at radius 1 is 1.00 bits per heavy atom. The van der Waals surface area contributed by atoms with Crippen LogP contribution in [0.15, 0.2) is 36.4 Å². The first-order chi connectivity index (χ1) is 14.0. The molecule has 29 heavy (non-hydrogen) atoms. The van der Waals surface area contributed by atoms with Gasteiger partial charge in [-0.25, -0.2) is 0 Å². The maximum Gasteiger partial charge on any atom is 0.173 e. The number of hydrogen-bond donors (Lipinski definition) is 0. The predicted molar refractivity (Wildman–Crippen MR) is 109 cm³/mol. The van der Waals surface area contributed by atoms with E-state index >= 15 is 0 Å². The second kappa shape index (κ2) is 5.73. The number of carbonyl (C=O) groups excluding carboxylic acids is 1. The van der Waals surface area contributed by atoms with Crippen LogP contribution in [0.25, 0.3) is 0 Å². The number of ether oxygens (including phenoxy) is 3. The van der Waals surface area contributed by atoms with Gasteiger partial charge in [-0.3, -0.25) is 4.79 Å². The van der Waals surface area contributed by atoms with Gasteiger partial charge in [0.2, 0.25) is 0 Å². The van der Waals surface area contributed by atoms with Crippen molar-refractivity contribution in [2.45, 2.75) is 56.7 Å². The lowest BCUT2D eigenvalue weighted by molar-refractivity contribution is -0.242. The van der Waals surface area contributed by atoms with Crippen molar-refractivity contribution in [2.75, 3.05) is 20.3 Å². The summed E-state index contributed by atoms with van der Waals surface area (Å²) in [5.41, 5.74) is 0.932. The fourth-order valence-corrected chi connectivity index (χ4v) is 8.29. The van der Waals surface area contributed by atoms with Gasteiger partial charge < -0.3 is 14.2 Å². The molecule has 0 N–H and O–H groups in total. The SMILES string of the molecule is COc1ccc([C@]23C=C[C@@]4(CCCC[C@]24C)[C@@H]2[C@H]3C(=O)CCC23OCCO3)cc1. The zero-order chi connectivity index (χ0) is 19.9.